The maximum atomic E-state index is 12.3. The molecule has 1 aromatic carbocycles. The van der Waals surface area contributed by atoms with Crippen LogP contribution >= 0.6 is 11.6 Å². The van der Waals surface area contributed by atoms with Gasteiger partial charge in [-0.25, -0.2) is 9.78 Å². The van der Waals surface area contributed by atoms with Crippen LogP contribution in [0, 0.1) is 18.3 Å². The van der Waals surface area contributed by atoms with Gasteiger partial charge in [-0.15, -0.1) is 0 Å². The van der Waals surface area contributed by atoms with Gasteiger partial charge in [0.25, 0.3) is 0 Å². The SMILES string of the molecule is Cc1cnc(NC(=O)Nc2cc(C#N)c(Cl)cc2OC[C@@H]2CNCCO2)cn1. The summed E-state index contributed by atoms with van der Waals surface area (Å²) < 4.78 is 11.4. The number of nitrogens with one attached hydrogen (secondary N) is 3. The number of hydrogen-bond acceptors (Lipinski definition) is 7. The summed E-state index contributed by atoms with van der Waals surface area (Å²) in [7, 11) is 0. The van der Waals surface area contributed by atoms with Gasteiger partial charge in [0.05, 0.1) is 41.0 Å². The third kappa shape index (κ3) is 5.29. The average molecular weight is 403 g/mol. The number of rotatable bonds is 5. The van der Waals surface area contributed by atoms with E-state index in [4.69, 9.17) is 21.1 Å². The molecular formula is C18H19ClN6O3. The van der Waals surface area contributed by atoms with E-state index >= 15 is 0 Å². The van der Waals surface area contributed by atoms with E-state index in [9.17, 15) is 10.1 Å². The fourth-order valence-electron chi connectivity index (χ4n) is 2.49. The first-order valence-electron chi connectivity index (χ1n) is 8.60. The maximum absolute atomic E-state index is 12.3. The summed E-state index contributed by atoms with van der Waals surface area (Å²) in [5, 5.41) is 17.9. The first-order chi connectivity index (χ1) is 13.5. The van der Waals surface area contributed by atoms with E-state index in [-0.39, 0.29) is 23.3 Å². The Morgan fingerprint density at radius 2 is 2.29 bits per heavy atom. The Bertz CT molecular complexity index is 878. The molecule has 0 saturated carbocycles. The standard InChI is InChI=1S/C18H19ClN6O3/c1-11-7-23-17(9-22-11)25-18(26)24-15-4-12(6-20)14(19)5-16(15)28-10-13-8-21-2-3-27-13/h4-5,7,9,13,21H,2-3,8,10H2,1H3,(H2,23,24,25,26)/t13-/m0/s1. The normalized spacial score (nSPS) is 16.1. The number of anilines is 2. The van der Waals surface area contributed by atoms with E-state index in [0.717, 1.165) is 12.2 Å². The number of urea groups is 1. The molecule has 2 amide bonds. The van der Waals surface area contributed by atoms with Crippen LogP contribution in [0.25, 0.3) is 0 Å². The number of benzene rings is 1. The molecule has 3 N–H and O–H groups in total. The van der Waals surface area contributed by atoms with Crippen molar-refractivity contribution in [1.82, 2.24) is 15.3 Å². The van der Waals surface area contributed by atoms with Gasteiger partial charge >= 0.3 is 6.03 Å². The summed E-state index contributed by atoms with van der Waals surface area (Å²) in [5.74, 6) is 0.630. The molecule has 1 atom stereocenters. The number of nitriles is 1. The monoisotopic (exact) mass is 402 g/mol. The zero-order chi connectivity index (χ0) is 19.9. The molecule has 28 heavy (non-hydrogen) atoms. The van der Waals surface area contributed by atoms with Crippen LogP contribution in [0.3, 0.4) is 0 Å². The van der Waals surface area contributed by atoms with Crippen LogP contribution in [-0.2, 0) is 4.74 Å². The highest BCUT2D eigenvalue weighted by Crippen LogP contribution is 2.31. The second-order valence-electron chi connectivity index (χ2n) is 6.07. The number of carbonyl (C=O) groups excluding carboxylic acids is 1. The Morgan fingerprint density at radius 1 is 1.43 bits per heavy atom. The lowest BCUT2D eigenvalue weighted by Crippen LogP contribution is -2.41. The first kappa shape index (κ1) is 19.8. The molecule has 1 aliphatic heterocycles. The zero-order valence-corrected chi connectivity index (χ0v) is 15.9. The van der Waals surface area contributed by atoms with Gasteiger partial charge in [-0.3, -0.25) is 10.3 Å². The van der Waals surface area contributed by atoms with E-state index in [1.54, 1.807) is 13.1 Å². The second kappa shape index (κ2) is 9.32. The van der Waals surface area contributed by atoms with Gasteiger partial charge in [0, 0.05) is 19.2 Å². The molecule has 0 radical (unpaired) electrons. The lowest BCUT2D eigenvalue weighted by molar-refractivity contribution is 0.000352. The molecule has 1 aromatic heterocycles. The van der Waals surface area contributed by atoms with E-state index in [1.165, 1.54) is 18.3 Å². The number of carbonyl (C=O) groups is 1. The highest BCUT2D eigenvalue weighted by molar-refractivity contribution is 6.32. The lowest BCUT2D eigenvalue weighted by Gasteiger charge is -2.24. The smallest absolute Gasteiger partial charge is 0.325 e. The second-order valence-corrected chi connectivity index (χ2v) is 6.48. The number of aryl methyl sites for hydroxylation is 1. The largest absolute Gasteiger partial charge is 0.489 e. The topological polar surface area (TPSA) is 121 Å². The number of amides is 2. The first-order valence-corrected chi connectivity index (χ1v) is 8.98. The van der Waals surface area contributed by atoms with E-state index in [2.05, 4.69) is 25.9 Å². The van der Waals surface area contributed by atoms with Gasteiger partial charge in [0.15, 0.2) is 5.82 Å². The van der Waals surface area contributed by atoms with Crippen molar-refractivity contribution in [3.05, 3.63) is 40.8 Å². The van der Waals surface area contributed by atoms with Crippen LogP contribution in [0.4, 0.5) is 16.3 Å². The number of halogens is 1. The summed E-state index contributed by atoms with van der Waals surface area (Å²) in [6, 6.07) is 4.38. The van der Waals surface area contributed by atoms with Crippen LogP contribution in [0.2, 0.25) is 5.02 Å². The van der Waals surface area contributed by atoms with Crippen molar-refractivity contribution in [2.45, 2.75) is 13.0 Å². The summed E-state index contributed by atoms with van der Waals surface area (Å²) in [5.41, 5.74) is 1.26. The minimum Gasteiger partial charge on any atom is -0.489 e. The van der Waals surface area contributed by atoms with Gasteiger partial charge in [0.2, 0.25) is 0 Å². The number of aromatic nitrogens is 2. The highest BCUT2D eigenvalue weighted by atomic mass is 35.5. The molecule has 1 saturated heterocycles. The van der Waals surface area contributed by atoms with E-state index in [0.29, 0.717) is 30.4 Å². The lowest BCUT2D eigenvalue weighted by atomic mass is 10.2. The molecule has 0 unspecified atom stereocenters. The zero-order valence-electron chi connectivity index (χ0n) is 15.2. The summed E-state index contributed by atoms with van der Waals surface area (Å²) >= 11 is 6.11. The van der Waals surface area contributed by atoms with Gasteiger partial charge in [0.1, 0.15) is 24.5 Å². The number of hydrogen-bond donors (Lipinski definition) is 3. The van der Waals surface area contributed by atoms with Gasteiger partial charge in [-0.1, -0.05) is 11.6 Å². The molecule has 0 aliphatic carbocycles. The molecular weight excluding hydrogens is 384 g/mol. The minimum absolute atomic E-state index is 0.118. The van der Waals surface area contributed by atoms with E-state index < -0.39 is 6.03 Å². The predicted octanol–water partition coefficient (Wildman–Crippen LogP) is 2.32. The van der Waals surface area contributed by atoms with Crippen LogP contribution < -0.4 is 20.7 Å². The third-order valence-corrected chi connectivity index (χ3v) is 4.20. The molecule has 0 spiro atoms. The number of ether oxygens (including phenoxy) is 2. The van der Waals surface area contributed by atoms with Crippen molar-refractivity contribution < 1.29 is 14.3 Å². The van der Waals surface area contributed by atoms with Crippen molar-refractivity contribution in [1.29, 1.82) is 5.26 Å². The molecule has 9 nitrogen and oxygen atoms in total. The Morgan fingerprint density at radius 3 is 2.96 bits per heavy atom. The van der Waals surface area contributed by atoms with Gasteiger partial charge in [-0.05, 0) is 13.0 Å². The van der Waals surface area contributed by atoms with Gasteiger partial charge in [-0.2, -0.15) is 5.26 Å². The molecule has 0 bridgehead atoms. The van der Waals surface area contributed by atoms with Crippen molar-refractivity contribution in [3.63, 3.8) is 0 Å². The van der Waals surface area contributed by atoms with Crippen LogP contribution in [0.5, 0.6) is 5.75 Å². The van der Waals surface area contributed by atoms with Crippen molar-refractivity contribution >= 4 is 29.1 Å². The van der Waals surface area contributed by atoms with Crippen LogP contribution in [-0.4, -0.2) is 48.4 Å². The summed E-state index contributed by atoms with van der Waals surface area (Å²) in [6.45, 7) is 4.14. The molecule has 3 rings (SSSR count). The molecule has 2 heterocycles. The Hall–Kier alpha value is -2.93. The number of morpholine rings is 1. The number of nitrogens with zero attached hydrogens (tertiary/aromatic N) is 3. The fraction of sp³-hybridized carbons (Fsp3) is 0.333. The molecule has 2 aromatic rings. The van der Waals surface area contributed by atoms with Crippen molar-refractivity contribution in [2.24, 2.45) is 0 Å². The molecule has 10 heteroatoms. The van der Waals surface area contributed by atoms with Crippen LogP contribution in [0.1, 0.15) is 11.3 Å². The molecule has 1 fully saturated rings. The van der Waals surface area contributed by atoms with Crippen molar-refractivity contribution in [3.8, 4) is 11.8 Å². The Labute approximate surface area is 167 Å². The Kier molecular flexibility index (Phi) is 6.60. The van der Waals surface area contributed by atoms with Crippen LogP contribution in [0.15, 0.2) is 24.5 Å². The van der Waals surface area contributed by atoms with E-state index in [1.807, 2.05) is 6.07 Å². The quantitative estimate of drug-likeness (QED) is 0.701. The molecule has 146 valence electrons. The predicted molar refractivity (Wildman–Crippen MR) is 104 cm³/mol. The summed E-state index contributed by atoms with van der Waals surface area (Å²) in [6.07, 6.45) is 2.87. The van der Waals surface area contributed by atoms with Crippen molar-refractivity contribution in [2.75, 3.05) is 36.9 Å². The molecule has 1 aliphatic rings. The van der Waals surface area contributed by atoms with Gasteiger partial charge < -0.3 is 20.1 Å². The average Bonchev–Trinajstić information content (AvgIpc) is 2.70. The Balaban J connectivity index is 1.72. The minimum atomic E-state index is -0.551. The summed E-state index contributed by atoms with van der Waals surface area (Å²) in [4.78, 5) is 20.4. The third-order valence-electron chi connectivity index (χ3n) is 3.89. The maximum Gasteiger partial charge on any atom is 0.325 e. The fourth-order valence-corrected chi connectivity index (χ4v) is 2.69. The highest BCUT2D eigenvalue weighted by Gasteiger charge is 2.17.